The van der Waals surface area contributed by atoms with E-state index in [0.717, 1.165) is 0 Å². The smallest absolute Gasteiger partial charge is 0.326 e. The summed E-state index contributed by atoms with van der Waals surface area (Å²) in [5.74, 6) is -9.31. The van der Waals surface area contributed by atoms with Crippen LogP contribution in [0.25, 0.3) is 0 Å². The Hall–Kier alpha value is -7.70. The number of aromatic amines is 2. The van der Waals surface area contributed by atoms with Crippen LogP contribution >= 0.6 is 0 Å². The number of likely N-dealkylation sites (tertiary alicyclic amines) is 1. The van der Waals surface area contributed by atoms with Gasteiger partial charge >= 0.3 is 5.97 Å². The van der Waals surface area contributed by atoms with Crippen LogP contribution in [0.5, 0.6) is 0 Å². The van der Waals surface area contributed by atoms with Crippen LogP contribution in [0, 0.1) is 5.92 Å². The van der Waals surface area contributed by atoms with E-state index in [-0.39, 0.29) is 44.6 Å². The molecule has 3 aromatic rings. The lowest BCUT2D eigenvalue weighted by atomic mass is 10.0. The molecular formula is C42H58N14O11. The fraction of sp³-hybridized carbons (Fsp3) is 0.476. The first kappa shape index (κ1) is 51.9. The van der Waals surface area contributed by atoms with Crippen LogP contribution in [-0.4, -0.2) is 144 Å². The standard InChI is InChI=1S/C42H58N14O11/c1-22(2)11-27(37(61)48-19-35(59)51-28(15-33(44)57)38(62)55-31(42(66)67)14-25-18-47-21-50-25)53-40(64)32-9-6-10-56(32)41(65)30(12-23-7-4-3-5-8-23)54-39(63)29(16-34(45)58)52-36(60)26(43)13-24-17-46-20-49-24/h3-5,7-8,17-18,20-22,26-32H,6,9-16,19,43H2,1-2H3,(H2,44,57)(H2,45,58)(H,46,49)(H,47,50)(H,48,61)(H,51,59)(H,52,60)(H,53,64)(H,54,63)(H,55,62)(H,66,67)/t26-,27-,28-,29-,30-,31-,32-/m0/s1. The Bertz CT molecular complexity index is 2200. The van der Waals surface area contributed by atoms with Gasteiger partial charge in [-0.1, -0.05) is 44.2 Å². The molecule has 0 aliphatic carbocycles. The molecule has 3 heterocycles. The molecule has 0 saturated carbocycles. The maximum absolute atomic E-state index is 14.4. The van der Waals surface area contributed by atoms with Crippen LogP contribution in [0.15, 0.2) is 55.4 Å². The SMILES string of the molecule is CC(C)C[C@H](NC(=O)[C@@H]1CCCN1C(=O)[C@H](Cc1ccccc1)NC(=O)[C@H](CC(N)=O)NC(=O)[C@@H](N)Cc1cnc[nH]1)C(=O)NCC(=O)N[C@@H](CC(N)=O)C(=O)N[C@@H](Cc1cnc[nH]1)C(=O)O. The van der Waals surface area contributed by atoms with Gasteiger partial charge < -0.3 is 69.1 Å². The first-order chi connectivity index (χ1) is 31.8. The summed E-state index contributed by atoms with van der Waals surface area (Å²) in [5.41, 5.74) is 18.4. The van der Waals surface area contributed by atoms with Gasteiger partial charge in [-0.2, -0.15) is 0 Å². The number of nitrogens with zero attached hydrogens (tertiary/aromatic N) is 3. The summed E-state index contributed by atoms with van der Waals surface area (Å²) < 4.78 is 0. The van der Waals surface area contributed by atoms with Gasteiger partial charge in [0.1, 0.15) is 36.3 Å². The third kappa shape index (κ3) is 16.7. The van der Waals surface area contributed by atoms with Gasteiger partial charge in [0.05, 0.1) is 38.1 Å². The second-order valence-corrected chi connectivity index (χ2v) is 16.4. The zero-order valence-electron chi connectivity index (χ0n) is 37.0. The molecule has 0 spiro atoms. The van der Waals surface area contributed by atoms with Crippen molar-refractivity contribution in [1.29, 1.82) is 0 Å². The van der Waals surface area contributed by atoms with Crippen LogP contribution in [0.2, 0.25) is 0 Å². The number of imidazole rings is 2. The van der Waals surface area contributed by atoms with E-state index < -0.39 is 121 Å². The van der Waals surface area contributed by atoms with Crippen molar-refractivity contribution in [3.63, 3.8) is 0 Å². The number of aromatic nitrogens is 4. The summed E-state index contributed by atoms with van der Waals surface area (Å²) in [6, 6.07) is -0.737. The summed E-state index contributed by atoms with van der Waals surface area (Å²) >= 11 is 0. The number of nitrogens with two attached hydrogens (primary N) is 3. The molecule has 0 unspecified atom stereocenters. The maximum atomic E-state index is 14.4. The van der Waals surface area contributed by atoms with Crippen molar-refractivity contribution >= 4 is 59.1 Å². The van der Waals surface area contributed by atoms with Crippen LogP contribution < -0.4 is 49.1 Å². The van der Waals surface area contributed by atoms with E-state index in [2.05, 4.69) is 51.8 Å². The van der Waals surface area contributed by atoms with Gasteiger partial charge in [0.15, 0.2) is 0 Å². The summed E-state index contributed by atoms with van der Waals surface area (Å²) in [6.07, 6.45) is 4.65. The van der Waals surface area contributed by atoms with Crippen molar-refractivity contribution in [3.8, 4) is 0 Å². The minimum atomic E-state index is -1.61. The largest absolute Gasteiger partial charge is 0.480 e. The fourth-order valence-electron chi connectivity index (χ4n) is 7.25. The quantitative estimate of drug-likeness (QED) is 0.0364. The molecule has 0 bridgehead atoms. The van der Waals surface area contributed by atoms with Crippen molar-refractivity contribution < 1.29 is 53.1 Å². The number of primary amides is 2. The number of carboxylic acids is 1. The molecule has 0 radical (unpaired) electrons. The third-order valence-electron chi connectivity index (χ3n) is 10.5. The molecule has 25 heteroatoms. The van der Waals surface area contributed by atoms with E-state index in [0.29, 0.717) is 23.4 Å². The van der Waals surface area contributed by atoms with Crippen molar-refractivity contribution in [2.24, 2.45) is 23.1 Å². The highest BCUT2D eigenvalue weighted by atomic mass is 16.4. The van der Waals surface area contributed by atoms with Crippen LogP contribution in [-0.2, 0) is 67.2 Å². The van der Waals surface area contributed by atoms with Crippen molar-refractivity contribution in [2.75, 3.05) is 13.1 Å². The lowest BCUT2D eigenvalue weighted by molar-refractivity contribution is -0.143. The van der Waals surface area contributed by atoms with Gasteiger partial charge in [-0.3, -0.25) is 43.2 Å². The van der Waals surface area contributed by atoms with E-state index >= 15 is 0 Å². The number of aliphatic carboxylic acids is 1. The Kier molecular flexibility index (Phi) is 19.5. The van der Waals surface area contributed by atoms with Crippen molar-refractivity contribution in [1.82, 2.24) is 56.7 Å². The van der Waals surface area contributed by atoms with Gasteiger partial charge in [-0.25, -0.2) is 14.8 Å². The average Bonchev–Trinajstić information content (AvgIpc) is 4.09. The first-order valence-corrected chi connectivity index (χ1v) is 21.4. The zero-order valence-corrected chi connectivity index (χ0v) is 37.0. The van der Waals surface area contributed by atoms with Gasteiger partial charge in [-0.15, -0.1) is 0 Å². The number of hydrogen-bond acceptors (Lipinski definition) is 13. The maximum Gasteiger partial charge on any atom is 0.326 e. The second kappa shape index (κ2) is 25.1. The van der Waals surface area contributed by atoms with Gasteiger partial charge in [0.2, 0.25) is 53.2 Å². The van der Waals surface area contributed by atoms with Gasteiger partial charge in [0, 0.05) is 49.6 Å². The van der Waals surface area contributed by atoms with Gasteiger partial charge in [-0.05, 0) is 30.7 Å². The Morgan fingerprint density at radius 1 is 0.716 bits per heavy atom. The van der Waals surface area contributed by atoms with E-state index in [1.165, 1.54) is 29.9 Å². The predicted octanol–water partition coefficient (Wildman–Crippen LogP) is -4.10. The van der Waals surface area contributed by atoms with E-state index in [4.69, 9.17) is 17.2 Å². The summed E-state index contributed by atoms with van der Waals surface area (Å²) in [5, 5.41) is 24.4. The third-order valence-corrected chi connectivity index (χ3v) is 10.5. The lowest BCUT2D eigenvalue weighted by Crippen LogP contribution is -2.59. The number of amides is 9. The Morgan fingerprint density at radius 2 is 1.28 bits per heavy atom. The molecule has 9 amide bonds. The molecule has 1 aromatic carbocycles. The number of nitrogens with one attached hydrogen (secondary N) is 8. The number of rotatable bonds is 26. The van der Waals surface area contributed by atoms with Crippen molar-refractivity contribution in [2.45, 2.75) is 108 Å². The predicted molar refractivity (Wildman–Crippen MR) is 235 cm³/mol. The monoisotopic (exact) mass is 934 g/mol. The highest BCUT2D eigenvalue weighted by molar-refractivity contribution is 5.98. The summed E-state index contributed by atoms with van der Waals surface area (Å²) in [6.45, 7) is 2.93. The molecular weight excluding hydrogens is 877 g/mol. The van der Waals surface area contributed by atoms with Gasteiger partial charge in [0.25, 0.3) is 0 Å². The highest BCUT2D eigenvalue weighted by Crippen LogP contribution is 2.21. The Labute approximate surface area is 384 Å². The topological polar surface area (TPSA) is 402 Å². The molecule has 7 atom stereocenters. The Balaban J connectivity index is 1.44. The van der Waals surface area contributed by atoms with Crippen LogP contribution in [0.1, 0.15) is 62.9 Å². The fourth-order valence-corrected chi connectivity index (χ4v) is 7.25. The number of carbonyl (C=O) groups excluding carboxylic acids is 9. The number of H-pyrrole nitrogens is 2. The number of carboxylic acid groups (broad SMARTS) is 1. The molecule has 15 N–H and O–H groups in total. The molecule has 362 valence electrons. The average molecular weight is 935 g/mol. The highest BCUT2D eigenvalue weighted by Gasteiger charge is 2.40. The molecule has 67 heavy (non-hydrogen) atoms. The minimum Gasteiger partial charge on any atom is -0.480 e. The Morgan fingerprint density at radius 3 is 1.84 bits per heavy atom. The number of hydrogen-bond donors (Lipinski definition) is 12. The first-order valence-electron chi connectivity index (χ1n) is 21.4. The zero-order chi connectivity index (χ0) is 49.2. The molecule has 1 saturated heterocycles. The van der Waals surface area contributed by atoms with E-state index in [9.17, 15) is 53.1 Å². The molecule has 1 aliphatic heterocycles. The molecule has 1 fully saturated rings. The second-order valence-electron chi connectivity index (χ2n) is 16.4. The molecule has 1 aliphatic rings. The van der Waals surface area contributed by atoms with E-state index in [1.54, 1.807) is 44.2 Å². The number of carbonyl (C=O) groups is 10. The molecule has 2 aromatic heterocycles. The van der Waals surface area contributed by atoms with Crippen molar-refractivity contribution in [3.05, 3.63) is 72.3 Å². The summed E-state index contributed by atoms with van der Waals surface area (Å²) in [4.78, 5) is 145. The van der Waals surface area contributed by atoms with Crippen LogP contribution in [0.3, 0.4) is 0 Å². The lowest BCUT2D eigenvalue weighted by Gasteiger charge is -2.31. The van der Waals surface area contributed by atoms with Crippen LogP contribution in [0.4, 0.5) is 0 Å². The number of benzene rings is 1. The summed E-state index contributed by atoms with van der Waals surface area (Å²) in [7, 11) is 0. The molecule has 4 rings (SSSR count). The minimum absolute atomic E-state index is 0.0326. The van der Waals surface area contributed by atoms with E-state index in [1.807, 2.05) is 0 Å². The molecule has 25 nitrogen and oxygen atoms in total. The normalized spacial score (nSPS) is 16.0.